The topological polar surface area (TPSA) is 88.2 Å². The zero-order valence-electron chi connectivity index (χ0n) is 16.6. The highest BCUT2D eigenvalue weighted by atomic mass is 19.4. The molecule has 164 valence electrons. The SMILES string of the molecule is CCNC(=NCc1ccc(F)cc1C(F)(F)F)NCCc1noc(-c2ccccn2)n1. The summed E-state index contributed by atoms with van der Waals surface area (Å²) in [5, 5.41) is 9.84. The maximum absolute atomic E-state index is 13.3. The molecule has 0 saturated carbocycles. The van der Waals surface area contributed by atoms with Crippen LogP contribution in [0.25, 0.3) is 11.6 Å². The van der Waals surface area contributed by atoms with Crippen molar-refractivity contribution in [1.29, 1.82) is 0 Å². The molecule has 0 aliphatic heterocycles. The third kappa shape index (κ3) is 6.24. The minimum absolute atomic E-state index is 0.121. The Bertz CT molecular complexity index is 1020. The van der Waals surface area contributed by atoms with Crippen molar-refractivity contribution in [2.24, 2.45) is 4.99 Å². The molecule has 7 nitrogen and oxygen atoms in total. The van der Waals surface area contributed by atoms with E-state index in [0.717, 1.165) is 12.1 Å². The summed E-state index contributed by atoms with van der Waals surface area (Å²) in [4.78, 5) is 12.6. The van der Waals surface area contributed by atoms with Gasteiger partial charge in [0.05, 0.1) is 12.1 Å². The van der Waals surface area contributed by atoms with Gasteiger partial charge in [0.15, 0.2) is 11.8 Å². The predicted octanol–water partition coefficient (Wildman–Crippen LogP) is 3.59. The van der Waals surface area contributed by atoms with Gasteiger partial charge < -0.3 is 15.2 Å². The molecule has 0 bridgehead atoms. The third-order valence-corrected chi connectivity index (χ3v) is 4.12. The molecule has 0 spiro atoms. The van der Waals surface area contributed by atoms with Gasteiger partial charge in [-0.25, -0.2) is 9.38 Å². The Kier molecular flexibility index (Phi) is 7.16. The van der Waals surface area contributed by atoms with E-state index in [2.05, 4.69) is 30.8 Å². The lowest BCUT2D eigenvalue weighted by Gasteiger charge is -2.13. The van der Waals surface area contributed by atoms with Crippen molar-refractivity contribution in [1.82, 2.24) is 25.8 Å². The first kappa shape index (κ1) is 22.2. The molecule has 31 heavy (non-hydrogen) atoms. The molecule has 0 saturated heterocycles. The van der Waals surface area contributed by atoms with Crippen LogP contribution in [0.4, 0.5) is 17.6 Å². The van der Waals surface area contributed by atoms with Crippen LogP contribution in [-0.4, -0.2) is 34.2 Å². The van der Waals surface area contributed by atoms with E-state index in [4.69, 9.17) is 4.52 Å². The molecule has 0 aliphatic carbocycles. The molecule has 3 aromatic rings. The molecule has 3 rings (SSSR count). The van der Waals surface area contributed by atoms with E-state index in [9.17, 15) is 17.6 Å². The van der Waals surface area contributed by atoms with Crippen LogP contribution in [0.5, 0.6) is 0 Å². The minimum atomic E-state index is -4.66. The quantitative estimate of drug-likeness (QED) is 0.334. The van der Waals surface area contributed by atoms with Gasteiger partial charge in [0.1, 0.15) is 11.5 Å². The summed E-state index contributed by atoms with van der Waals surface area (Å²) >= 11 is 0. The average molecular weight is 436 g/mol. The van der Waals surface area contributed by atoms with Gasteiger partial charge in [-0.1, -0.05) is 17.3 Å². The van der Waals surface area contributed by atoms with Crippen molar-refractivity contribution in [3.8, 4) is 11.6 Å². The summed E-state index contributed by atoms with van der Waals surface area (Å²) in [5.74, 6) is 0.109. The van der Waals surface area contributed by atoms with Gasteiger partial charge >= 0.3 is 6.18 Å². The standard InChI is InChI=1S/C20H20F4N6O/c1-2-25-19(28-12-13-6-7-14(21)11-15(13)20(22,23)24)27-10-8-17-29-18(31-30-17)16-5-3-4-9-26-16/h3-7,9,11H,2,8,10,12H2,1H3,(H2,25,27,28). The van der Waals surface area contributed by atoms with E-state index in [1.54, 1.807) is 24.4 Å². The highest BCUT2D eigenvalue weighted by Gasteiger charge is 2.33. The monoisotopic (exact) mass is 436 g/mol. The normalized spacial score (nSPS) is 12.1. The minimum Gasteiger partial charge on any atom is -0.357 e. The van der Waals surface area contributed by atoms with Gasteiger partial charge in [-0.3, -0.25) is 4.98 Å². The fraction of sp³-hybridized carbons (Fsp3) is 0.300. The molecule has 0 aliphatic rings. The Morgan fingerprint density at radius 3 is 2.71 bits per heavy atom. The van der Waals surface area contributed by atoms with Crippen LogP contribution in [-0.2, 0) is 19.1 Å². The zero-order chi connectivity index (χ0) is 22.3. The summed E-state index contributed by atoms with van der Waals surface area (Å²) in [6, 6.07) is 7.87. The number of pyridine rings is 1. The number of benzene rings is 1. The molecule has 0 atom stereocenters. The largest absolute Gasteiger partial charge is 0.416 e. The Labute approximate surface area is 175 Å². The van der Waals surface area contributed by atoms with Crippen LogP contribution < -0.4 is 10.6 Å². The average Bonchev–Trinajstić information content (AvgIpc) is 3.21. The fourth-order valence-corrected chi connectivity index (χ4v) is 2.70. The number of nitrogens with one attached hydrogen (secondary N) is 2. The van der Waals surface area contributed by atoms with Gasteiger partial charge in [-0.15, -0.1) is 0 Å². The lowest BCUT2D eigenvalue weighted by molar-refractivity contribution is -0.138. The Hall–Kier alpha value is -3.50. The molecular weight excluding hydrogens is 416 g/mol. The first-order chi connectivity index (χ1) is 14.9. The molecule has 0 unspecified atom stereocenters. The van der Waals surface area contributed by atoms with E-state index in [0.29, 0.717) is 48.9 Å². The van der Waals surface area contributed by atoms with Crippen molar-refractivity contribution >= 4 is 5.96 Å². The van der Waals surface area contributed by atoms with E-state index < -0.39 is 17.6 Å². The van der Waals surface area contributed by atoms with Gasteiger partial charge in [-0.05, 0) is 36.8 Å². The predicted molar refractivity (Wildman–Crippen MR) is 105 cm³/mol. The van der Waals surface area contributed by atoms with Crippen LogP contribution in [0.15, 0.2) is 52.1 Å². The van der Waals surface area contributed by atoms with Crippen LogP contribution in [0.1, 0.15) is 23.9 Å². The molecule has 2 heterocycles. The van der Waals surface area contributed by atoms with Crippen LogP contribution >= 0.6 is 0 Å². The third-order valence-electron chi connectivity index (χ3n) is 4.12. The van der Waals surface area contributed by atoms with Crippen molar-refractivity contribution in [3.05, 3.63) is 65.4 Å². The molecule has 0 radical (unpaired) electrons. The molecule has 2 N–H and O–H groups in total. The molecule has 1 aromatic carbocycles. The van der Waals surface area contributed by atoms with Gasteiger partial charge in [0.2, 0.25) is 0 Å². The Balaban J connectivity index is 1.62. The van der Waals surface area contributed by atoms with E-state index in [-0.39, 0.29) is 12.1 Å². The number of halogens is 4. The number of aliphatic imine (C=N–C) groups is 1. The lowest BCUT2D eigenvalue weighted by Crippen LogP contribution is -2.38. The second-order valence-corrected chi connectivity index (χ2v) is 6.40. The number of rotatable bonds is 7. The Morgan fingerprint density at radius 2 is 2.00 bits per heavy atom. The van der Waals surface area contributed by atoms with Crippen LogP contribution in [0.2, 0.25) is 0 Å². The smallest absolute Gasteiger partial charge is 0.357 e. The summed E-state index contributed by atoms with van der Waals surface area (Å²) in [6.07, 6.45) is -2.65. The van der Waals surface area contributed by atoms with Gasteiger partial charge in [0, 0.05) is 25.7 Å². The second kappa shape index (κ2) is 10.0. The van der Waals surface area contributed by atoms with E-state index in [1.807, 2.05) is 6.92 Å². The first-order valence-corrected chi connectivity index (χ1v) is 9.48. The lowest BCUT2D eigenvalue weighted by atomic mass is 10.1. The molecule has 2 aromatic heterocycles. The molecule has 11 heteroatoms. The Morgan fingerprint density at radius 1 is 1.16 bits per heavy atom. The van der Waals surface area contributed by atoms with E-state index in [1.165, 1.54) is 0 Å². The molecule has 0 amide bonds. The number of hydrogen-bond acceptors (Lipinski definition) is 5. The number of nitrogens with zero attached hydrogens (tertiary/aromatic N) is 4. The van der Waals surface area contributed by atoms with Crippen molar-refractivity contribution < 1.29 is 22.1 Å². The maximum Gasteiger partial charge on any atom is 0.416 e. The van der Waals surface area contributed by atoms with Crippen molar-refractivity contribution in [3.63, 3.8) is 0 Å². The summed E-state index contributed by atoms with van der Waals surface area (Å²) in [6.45, 7) is 2.43. The number of hydrogen-bond donors (Lipinski definition) is 2. The molecule has 0 fully saturated rings. The summed E-state index contributed by atoms with van der Waals surface area (Å²) in [5.41, 5.74) is -0.603. The van der Waals surface area contributed by atoms with Crippen LogP contribution in [0.3, 0.4) is 0 Å². The van der Waals surface area contributed by atoms with Gasteiger partial charge in [0.25, 0.3) is 5.89 Å². The first-order valence-electron chi connectivity index (χ1n) is 9.48. The number of aromatic nitrogens is 3. The highest BCUT2D eigenvalue weighted by molar-refractivity contribution is 5.79. The van der Waals surface area contributed by atoms with Crippen molar-refractivity contribution in [2.45, 2.75) is 26.1 Å². The van der Waals surface area contributed by atoms with Crippen molar-refractivity contribution in [2.75, 3.05) is 13.1 Å². The highest BCUT2D eigenvalue weighted by Crippen LogP contribution is 2.32. The number of alkyl halides is 3. The maximum atomic E-state index is 13.3. The fourth-order valence-electron chi connectivity index (χ4n) is 2.70. The molecular formula is C20H20F4N6O. The van der Waals surface area contributed by atoms with E-state index >= 15 is 0 Å². The number of guanidine groups is 1. The summed E-state index contributed by atoms with van der Waals surface area (Å²) < 4.78 is 57.9. The summed E-state index contributed by atoms with van der Waals surface area (Å²) in [7, 11) is 0. The van der Waals surface area contributed by atoms with Crippen LogP contribution in [0, 0.1) is 5.82 Å². The zero-order valence-corrected chi connectivity index (χ0v) is 16.6. The van der Waals surface area contributed by atoms with Gasteiger partial charge in [-0.2, -0.15) is 18.2 Å². The second-order valence-electron chi connectivity index (χ2n) is 6.40.